The monoisotopic (exact) mass is 308 g/mol. The number of hydrogen-bond donors (Lipinski definition) is 3. The molecule has 0 bridgehead atoms. The zero-order valence-corrected chi connectivity index (χ0v) is 12.1. The number of nitrogens with one attached hydrogen (secondary N) is 1. The topological polar surface area (TPSA) is 109 Å². The van der Waals surface area contributed by atoms with Crippen molar-refractivity contribution in [2.75, 3.05) is 0 Å². The van der Waals surface area contributed by atoms with Gasteiger partial charge in [-0.3, -0.25) is 9.59 Å². The quantitative estimate of drug-likeness (QED) is 0.710. The van der Waals surface area contributed by atoms with Crippen molar-refractivity contribution in [3.63, 3.8) is 0 Å². The third-order valence-electron chi connectivity index (χ3n) is 3.23. The molecule has 0 aromatic heterocycles. The van der Waals surface area contributed by atoms with Gasteiger partial charge in [-0.2, -0.15) is 0 Å². The lowest BCUT2D eigenvalue weighted by Gasteiger charge is -2.16. The Bertz CT molecular complexity index is 551. The molecule has 1 heterocycles. The minimum absolute atomic E-state index is 0.000736. The lowest BCUT2D eigenvalue weighted by atomic mass is 10.1. The van der Waals surface area contributed by atoms with Gasteiger partial charge in [0.25, 0.3) is 0 Å². The highest BCUT2D eigenvalue weighted by molar-refractivity contribution is 8.01. The van der Waals surface area contributed by atoms with Crippen molar-refractivity contribution in [3.05, 3.63) is 29.8 Å². The largest absolute Gasteiger partial charge is 0.480 e. The van der Waals surface area contributed by atoms with E-state index in [1.807, 2.05) is 24.3 Å². The van der Waals surface area contributed by atoms with Crippen LogP contribution in [0.5, 0.6) is 0 Å². The molecule has 0 saturated carbocycles. The van der Waals surface area contributed by atoms with Crippen molar-refractivity contribution in [3.8, 4) is 0 Å². The van der Waals surface area contributed by atoms with Gasteiger partial charge in [-0.25, -0.2) is 4.79 Å². The Morgan fingerprint density at radius 1 is 1.38 bits per heavy atom. The average molecular weight is 308 g/mol. The summed E-state index contributed by atoms with van der Waals surface area (Å²) >= 11 is 1.43. The molecule has 2 rings (SSSR count). The number of carbonyl (C=O) groups excluding carboxylic acids is 2. The second-order valence-electron chi connectivity index (χ2n) is 4.82. The lowest BCUT2D eigenvalue weighted by Crippen LogP contribution is -2.45. The molecule has 6 nitrogen and oxygen atoms in total. The van der Waals surface area contributed by atoms with Gasteiger partial charge in [-0.1, -0.05) is 18.2 Å². The highest BCUT2D eigenvalue weighted by atomic mass is 32.2. The summed E-state index contributed by atoms with van der Waals surface area (Å²) in [5.74, 6) is -2.07. The van der Waals surface area contributed by atoms with Gasteiger partial charge in [0.05, 0.1) is 5.25 Å². The molecule has 7 heteroatoms. The Morgan fingerprint density at radius 2 is 2.10 bits per heavy atom. The first-order valence-corrected chi connectivity index (χ1v) is 7.41. The summed E-state index contributed by atoms with van der Waals surface area (Å²) < 4.78 is 0. The molecule has 0 saturated heterocycles. The summed E-state index contributed by atoms with van der Waals surface area (Å²) in [5, 5.41) is 11.2. The fourth-order valence-electron chi connectivity index (χ4n) is 2.14. The Kier molecular flexibility index (Phi) is 4.85. The third kappa shape index (κ3) is 3.98. The summed E-state index contributed by atoms with van der Waals surface area (Å²) in [7, 11) is 0. The highest BCUT2D eigenvalue weighted by Crippen LogP contribution is 2.36. The fraction of sp³-hybridized carbons (Fsp3) is 0.357. The lowest BCUT2D eigenvalue weighted by molar-refractivity contribution is -0.142. The molecular formula is C14H16N2O4S. The minimum atomic E-state index is -1.16. The van der Waals surface area contributed by atoms with Crippen molar-refractivity contribution in [1.82, 2.24) is 5.32 Å². The van der Waals surface area contributed by atoms with E-state index in [2.05, 4.69) is 5.32 Å². The van der Waals surface area contributed by atoms with E-state index < -0.39 is 17.9 Å². The van der Waals surface area contributed by atoms with Crippen molar-refractivity contribution < 1.29 is 19.5 Å². The first-order chi connectivity index (χ1) is 9.97. The standard InChI is InChI=1S/C14H16N2O4S/c15-12(17)6-5-9(14(19)20)16-13(18)11-7-8-3-1-2-4-10(8)21-11/h1-4,9,11H,5-7H2,(H2,15,17)(H,16,18)(H,19,20). The van der Waals surface area contributed by atoms with Crippen LogP contribution < -0.4 is 11.1 Å². The van der Waals surface area contributed by atoms with Gasteiger partial charge < -0.3 is 16.2 Å². The van der Waals surface area contributed by atoms with Gasteiger partial charge in [0.15, 0.2) is 0 Å². The van der Waals surface area contributed by atoms with E-state index in [0.717, 1.165) is 10.5 Å². The molecule has 1 aromatic carbocycles. The zero-order valence-electron chi connectivity index (χ0n) is 11.2. The molecule has 4 N–H and O–H groups in total. The first kappa shape index (κ1) is 15.4. The van der Waals surface area contributed by atoms with E-state index >= 15 is 0 Å². The molecule has 0 aliphatic carbocycles. The van der Waals surface area contributed by atoms with Crippen LogP contribution in [0.4, 0.5) is 0 Å². The van der Waals surface area contributed by atoms with Gasteiger partial charge in [0.1, 0.15) is 6.04 Å². The van der Waals surface area contributed by atoms with E-state index in [1.54, 1.807) is 0 Å². The summed E-state index contributed by atoms with van der Waals surface area (Å²) in [6.45, 7) is 0. The maximum Gasteiger partial charge on any atom is 0.326 e. The molecule has 1 aliphatic rings. The number of fused-ring (bicyclic) bond motifs is 1. The van der Waals surface area contributed by atoms with Crippen molar-refractivity contribution in [2.45, 2.75) is 35.4 Å². The van der Waals surface area contributed by atoms with Crippen molar-refractivity contribution in [2.24, 2.45) is 5.73 Å². The number of benzene rings is 1. The molecule has 2 amide bonds. The predicted molar refractivity (Wildman–Crippen MR) is 77.8 cm³/mol. The molecule has 0 spiro atoms. The zero-order chi connectivity index (χ0) is 15.4. The van der Waals surface area contributed by atoms with Gasteiger partial charge in [-0.15, -0.1) is 11.8 Å². The number of hydrogen-bond acceptors (Lipinski definition) is 4. The maximum absolute atomic E-state index is 12.2. The van der Waals surface area contributed by atoms with E-state index in [0.29, 0.717) is 6.42 Å². The smallest absolute Gasteiger partial charge is 0.326 e. The molecule has 112 valence electrons. The molecular weight excluding hydrogens is 292 g/mol. The number of primary amides is 1. The Morgan fingerprint density at radius 3 is 2.71 bits per heavy atom. The van der Waals surface area contributed by atoms with Crippen LogP contribution >= 0.6 is 11.8 Å². The number of amides is 2. The van der Waals surface area contributed by atoms with Crippen LogP contribution in [-0.2, 0) is 20.8 Å². The third-order valence-corrected chi connectivity index (χ3v) is 4.55. The van der Waals surface area contributed by atoms with Crippen LogP contribution in [0.2, 0.25) is 0 Å². The van der Waals surface area contributed by atoms with Crippen LogP contribution in [0.15, 0.2) is 29.2 Å². The molecule has 1 aromatic rings. The highest BCUT2D eigenvalue weighted by Gasteiger charge is 2.30. The molecule has 2 unspecified atom stereocenters. The van der Waals surface area contributed by atoms with Crippen LogP contribution in [0, 0.1) is 0 Å². The van der Waals surface area contributed by atoms with Crippen molar-refractivity contribution >= 4 is 29.5 Å². The fourth-order valence-corrected chi connectivity index (χ4v) is 3.34. The van der Waals surface area contributed by atoms with E-state index in [1.165, 1.54) is 11.8 Å². The van der Waals surface area contributed by atoms with Gasteiger partial charge in [-0.05, 0) is 24.5 Å². The predicted octanol–water partition coefficient (Wildman–Crippen LogP) is 0.538. The molecule has 21 heavy (non-hydrogen) atoms. The van der Waals surface area contributed by atoms with Crippen LogP contribution in [0.3, 0.4) is 0 Å². The second-order valence-corrected chi connectivity index (χ2v) is 6.07. The van der Waals surface area contributed by atoms with Crippen molar-refractivity contribution in [1.29, 1.82) is 0 Å². The normalized spacial score (nSPS) is 17.8. The molecule has 2 atom stereocenters. The van der Waals surface area contributed by atoms with E-state index in [-0.39, 0.29) is 24.0 Å². The Hall–Kier alpha value is -2.02. The van der Waals surface area contributed by atoms with Crippen LogP contribution in [0.1, 0.15) is 18.4 Å². The Labute approximate surface area is 126 Å². The number of aliphatic carboxylic acids is 1. The summed E-state index contributed by atoms with van der Waals surface area (Å²) in [6.07, 6.45) is 0.505. The summed E-state index contributed by atoms with van der Waals surface area (Å²) in [5.41, 5.74) is 6.09. The second kappa shape index (κ2) is 6.62. The Balaban J connectivity index is 1.94. The maximum atomic E-state index is 12.2. The average Bonchev–Trinajstić information content (AvgIpc) is 2.86. The minimum Gasteiger partial charge on any atom is -0.480 e. The number of rotatable bonds is 6. The summed E-state index contributed by atoms with van der Waals surface area (Å²) in [4.78, 5) is 35.0. The SMILES string of the molecule is NC(=O)CCC(NC(=O)C1Cc2ccccc2S1)C(=O)O. The van der Waals surface area contributed by atoms with E-state index in [4.69, 9.17) is 10.8 Å². The van der Waals surface area contributed by atoms with E-state index in [9.17, 15) is 14.4 Å². The first-order valence-electron chi connectivity index (χ1n) is 6.53. The molecule has 0 fully saturated rings. The van der Waals surface area contributed by atoms with Crippen LogP contribution in [-0.4, -0.2) is 34.2 Å². The number of thioether (sulfide) groups is 1. The van der Waals surface area contributed by atoms with Gasteiger partial charge in [0, 0.05) is 11.3 Å². The number of nitrogens with two attached hydrogens (primary N) is 1. The number of carbonyl (C=O) groups is 3. The number of carboxylic acid groups (broad SMARTS) is 1. The summed E-state index contributed by atoms with van der Waals surface area (Å²) in [6, 6.07) is 6.62. The molecule has 0 radical (unpaired) electrons. The molecule has 1 aliphatic heterocycles. The van der Waals surface area contributed by atoms with Gasteiger partial charge >= 0.3 is 5.97 Å². The number of carboxylic acids is 1. The van der Waals surface area contributed by atoms with Crippen LogP contribution in [0.25, 0.3) is 0 Å². The van der Waals surface area contributed by atoms with Gasteiger partial charge in [0.2, 0.25) is 11.8 Å².